The van der Waals surface area contributed by atoms with Gasteiger partial charge in [0.2, 0.25) is 11.8 Å². The van der Waals surface area contributed by atoms with Gasteiger partial charge in [0.25, 0.3) is 8.53 Å². The summed E-state index contributed by atoms with van der Waals surface area (Å²) in [6, 6.07) is 1.18. The maximum absolute atomic E-state index is 13.0. The summed E-state index contributed by atoms with van der Waals surface area (Å²) in [5, 5.41) is 14.5. The van der Waals surface area contributed by atoms with E-state index >= 15 is 0 Å². The molecule has 2 unspecified atom stereocenters. The second kappa shape index (κ2) is 40.3. The highest BCUT2D eigenvalue weighted by atomic mass is 31.2. The fraction of sp³-hybridized carbons (Fsp3) is 0.788. The van der Waals surface area contributed by atoms with Gasteiger partial charge in [-0.2, -0.15) is 5.26 Å². The van der Waals surface area contributed by atoms with E-state index in [1.807, 2.05) is 38.4 Å². The van der Waals surface area contributed by atoms with Gasteiger partial charge in [-0.15, -0.1) is 0 Å². The first-order valence-electron chi connectivity index (χ1n) is 27.6. The third-order valence-electron chi connectivity index (χ3n) is 12.0. The first-order valence-corrected chi connectivity index (χ1v) is 28.7. The highest BCUT2D eigenvalue weighted by Gasteiger charge is 2.52. The largest absolute Gasteiger partial charge is 0.463 e. The molecule has 2 heterocycles. The van der Waals surface area contributed by atoms with Gasteiger partial charge >= 0.3 is 47.9 Å². The van der Waals surface area contributed by atoms with Crippen LogP contribution in [0.4, 0.5) is 9.59 Å². The lowest BCUT2D eigenvalue weighted by Crippen LogP contribution is -2.59. The number of carbonyl (C=O) groups is 10. The van der Waals surface area contributed by atoms with Crippen molar-refractivity contribution in [1.29, 1.82) is 5.26 Å². The Kier molecular flexibility index (Phi) is 35.5. The number of ether oxygens (including phenoxy) is 11. The van der Waals surface area contributed by atoms with Gasteiger partial charge in [0.05, 0.1) is 30.9 Å². The Balaban J connectivity index is 2.00. The number of hydrogen-bond donors (Lipinski definition) is 5. The van der Waals surface area contributed by atoms with Crippen LogP contribution in [0.25, 0.3) is 0 Å². The summed E-state index contributed by atoms with van der Waals surface area (Å²) in [6.07, 6.45) is -9.32. The number of rotatable bonds is 39. The van der Waals surface area contributed by atoms with E-state index in [0.29, 0.717) is 38.5 Å². The summed E-state index contributed by atoms with van der Waals surface area (Å²) in [5.41, 5.74) is 13.3. The first kappa shape index (κ1) is 74.0. The molecule has 0 aromatic carbocycles. The zero-order valence-corrected chi connectivity index (χ0v) is 50.4. The van der Waals surface area contributed by atoms with Crippen molar-refractivity contribution in [1.82, 2.24) is 20.8 Å². The maximum atomic E-state index is 13.0. The number of unbranched alkanes of at least 4 members (excludes halogenated alkanes) is 4. The van der Waals surface area contributed by atoms with Gasteiger partial charge in [0.1, 0.15) is 56.9 Å². The highest BCUT2D eigenvalue weighted by Crippen LogP contribution is 2.47. The van der Waals surface area contributed by atoms with Crippen LogP contribution in [0.3, 0.4) is 0 Å². The van der Waals surface area contributed by atoms with E-state index in [1.165, 1.54) is 13.8 Å². The molecule has 2 fully saturated rings. The van der Waals surface area contributed by atoms with Crippen LogP contribution in [0.5, 0.6) is 0 Å². The van der Waals surface area contributed by atoms with Crippen molar-refractivity contribution < 1.29 is 114 Å². The lowest BCUT2D eigenvalue weighted by Gasteiger charge is -2.44. The SMILES string of the molecule is CC(=O)OC[C@H]1O[C@@H](OCCCCCNC(=O)NOCC(COC(=O)NCCCCCO[C@@H]2O[C@H](COC(C)=O)[C@H](OC(C)=O)[C@H](OC(C)=O)[C@H]2CC(N)=O)OP(OCCC#N)N(C(C)C)C(C)C)[C@H](CC(N)=O)[C@@H](OC(C)=O)[C@H]1OC(C)=O. The number of nitrogens with zero attached hydrogens (tertiary/aromatic N) is 2. The molecule has 7 N–H and O–H groups in total. The predicted molar refractivity (Wildman–Crippen MR) is 289 cm³/mol. The van der Waals surface area contributed by atoms with Gasteiger partial charge in [0.15, 0.2) is 24.8 Å². The molecule has 478 valence electrons. The summed E-state index contributed by atoms with van der Waals surface area (Å²) < 4.78 is 76.0. The lowest BCUT2D eigenvalue weighted by atomic mass is 9.87. The Hall–Kier alpha value is -6.10. The third kappa shape index (κ3) is 29.6. The van der Waals surface area contributed by atoms with Crippen LogP contribution < -0.4 is 27.6 Å². The topological polar surface area (TPSA) is 415 Å². The van der Waals surface area contributed by atoms with Crippen molar-refractivity contribution in [3.63, 3.8) is 0 Å². The number of primary amides is 2. The molecule has 2 aliphatic rings. The average Bonchev–Trinajstić information content (AvgIpc) is 1.47. The predicted octanol–water partition coefficient (Wildman–Crippen LogP) is 2.26. The van der Waals surface area contributed by atoms with Gasteiger partial charge in [-0.05, 0) is 66.2 Å². The Morgan fingerprint density at radius 1 is 0.571 bits per heavy atom. The molecule has 84 heavy (non-hydrogen) atoms. The van der Waals surface area contributed by atoms with Gasteiger partial charge < -0.3 is 83.3 Å². The summed E-state index contributed by atoms with van der Waals surface area (Å²) >= 11 is 0. The smallest absolute Gasteiger partial charge is 0.407 e. The van der Waals surface area contributed by atoms with Crippen LogP contribution in [0.1, 0.15) is 127 Å². The number of urea groups is 1. The van der Waals surface area contributed by atoms with Gasteiger partial charge in [-0.3, -0.25) is 43.2 Å². The molecule has 2 saturated heterocycles. The second-order valence-corrected chi connectivity index (χ2v) is 21.4. The molecule has 2 rings (SSSR count). The van der Waals surface area contributed by atoms with Crippen LogP contribution >= 0.6 is 8.53 Å². The first-order chi connectivity index (χ1) is 39.7. The number of esters is 6. The summed E-state index contributed by atoms with van der Waals surface area (Å²) in [7, 11) is -1.85. The van der Waals surface area contributed by atoms with E-state index in [1.54, 1.807) is 0 Å². The molecule has 0 radical (unpaired) electrons. The Morgan fingerprint density at radius 3 is 1.42 bits per heavy atom. The minimum Gasteiger partial charge on any atom is -0.463 e. The monoisotopic (exact) mass is 1220 g/mol. The molecule has 0 bridgehead atoms. The minimum absolute atomic E-state index is 0.0470. The molecule has 0 aliphatic carbocycles. The van der Waals surface area contributed by atoms with Crippen LogP contribution in [0.2, 0.25) is 0 Å². The molecule has 0 aromatic rings. The zero-order valence-electron chi connectivity index (χ0n) is 49.5. The molecule has 0 spiro atoms. The van der Waals surface area contributed by atoms with Crippen LogP contribution in [0.15, 0.2) is 0 Å². The molecule has 0 aromatic heterocycles. The number of hydrogen-bond acceptors (Lipinski definition) is 26. The lowest BCUT2D eigenvalue weighted by molar-refractivity contribution is -0.291. The standard InChI is InChI=1S/C52H86N7O24P/c1-30(2)59(31(3)4)84(76-23-17-18-53)83-38(26-74-52(69)57-20-14-12-16-22-71-50-40(25-44(55)67)46(78-35(8)63)48(80-37(10)65)42(82-50)29-73-33(6)61)27-75-58-51(68)56-19-13-11-15-21-70-49-39(24-43(54)66)45(77-34(7)62)47(79-36(9)64)41(81-49)28-72-32(5)60/h30-31,38-42,45-50H,11-17,19-29H2,1-10H3,(H2,54,66)(H2,55,67)(H,57,69)(H2,56,58,68)/t38?,39-,40-,41-,42-,45-,46-,47+,48+,49-,50-,84?/m1/s1. The Bertz CT molecular complexity index is 2150. The fourth-order valence-electron chi connectivity index (χ4n) is 8.75. The average molecular weight is 1220 g/mol. The van der Waals surface area contributed by atoms with Crippen molar-refractivity contribution in [3.05, 3.63) is 0 Å². The van der Waals surface area contributed by atoms with Gasteiger partial charge in [-0.1, -0.05) is 0 Å². The maximum Gasteiger partial charge on any atom is 0.407 e. The number of hydroxylamine groups is 1. The Labute approximate surface area is 490 Å². The number of nitriles is 1. The number of nitrogens with two attached hydrogens (primary N) is 2. The van der Waals surface area contributed by atoms with Crippen molar-refractivity contribution in [2.75, 3.05) is 59.3 Å². The molecule has 32 heteroatoms. The van der Waals surface area contributed by atoms with E-state index in [-0.39, 0.29) is 90.7 Å². The van der Waals surface area contributed by atoms with Crippen LogP contribution in [0, 0.1) is 23.2 Å². The quantitative estimate of drug-likeness (QED) is 0.0194. The normalized spacial score (nSPS) is 22.8. The zero-order chi connectivity index (χ0) is 62.9. The highest BCUT2D eigenvalue weighted by molar-refractivity contribution is 7.44. The number of alkyl carbamates (subject to hydrolysis) is 1. The minimum atomic E-state index is -1.85. The summed E-state index contributed by atoms with van der Waals surface area (Å²) in [5.74, 6) is -7.84. The van der Waals surface area contributed by atoms with E-state index in [4.69, 9.17) is 77.5 Å². The molecule has 31 nitrogen and oxygen atoms in total. The van der Waals surface area contributed by atoms with Gasteiger partial charge in [0, 0.05) is 92.8 Å². The summed E-state index contributed by atoms with van der Waals surface area (Å²) in [4.78, 5) is 127. The van der Waals surface area contributed by atoms with E-state index in [0.717, 1.165) is 27.7 Å². The Morgan fingerprint density at radius 2 is 1.01 bits per heavy atom. The molecular weight excluding hydrogens is 1140 g/mol. The van der Waals surface area contributed by atoms with E-state index < -0.39 is 135 Å². The van der Waals surface area contributed by atoms with Gasteiger partial charge in [-0.25, -0.2) is 19.7 Å². The van der Waals surface area contributed by atoms with Crippen molar-refractivity contribution >= 4 is 68.3 Å². The third-order valence-corrected chi connectivity index (χ3v) is 14.2. The number of carbonyl (C=O) groups excluding carboxylic acids is 10. The molecular formula is C52H86N7O24P. The fourth-order valence-corrected chi connectivity index (χ4v) is 10.4. The second-order valence-electron chi connectivity index (χ2n) is 20.0. The van der Waals surface area contributed by atoms with Crippen LogP contribution in [-0.2, 0) is 104 Å². The number of nitrogens with one attached hydrogen (secondary N) is 3. The van der Waals surface area contributed by atoms with Crippen molar-refractivity contribution in [2.24, 2.45) is 23.3 Å². The van der Waals surface area contributed by atoms with Crippen molar-refractivity contribution in [2.45, 2.75) is 194 Å². The molecule has 0 saturated carbocycles. The van der Waals surface area contributed by atoms with E-state index in [2.05, 4.69) is 16.1 Å². The molecule has 2 aliphatic heterocycles. The molecule has 12 atom stereocenters. The van der Waals surface area contributed by atoms with Crippen molar-refractivity contribution in [3.8, 4) is 6.07 Å². The summed E-state index contributed by atoms with van der Waals surface area (Å²) in [6.45, 7) is 13.7. The number of amides is 5. The van der Waals surface area contributed by atoms with Crippen LogP contribution in [-0.4, -0.2) is 191 Å². The molecule has 5 amide bonds. The van der Waals surface area contributed by atoms with E-state index in [9.17, 15) is 53.2 Å².